The van der Waals surface area contributed by atoms with Crippen LogP contribution < -0.4 is 4.74 Å². The average Bonchev–Trinajstić information content (AvgIpc) is 2.56. The summed E-state index contributed by atoms with van der Waals surface area (Å²) in [5.74, 6) is 0.847. The van der Waals surface area contributed by atoms with Crippen LogP contribution in [0.1, 0.15) is 51.0 Å². The predicted octanol–water partition coefficient (Wildman–Crippen LogP) is 3.63. The van der Waals surface area contributed by atoms with Crippen LogP contribution in [-0.4, -0.2) is 11.7 Å². The molecule has 0 aliphatic heterocycles. The molecule has 1 fully saturated rings. The van der Waals surface area contributed by atoms with Crippen LogP contribution in [0.25, 0.3) is 0 Å². The molecule has 0 amide bonds. The summed E-state index contributed by atoms with van der Waals surface area (Å²) < 4.78 is 5.64. The molecule has 0 bridgehead atoms. The van der Waals surface area contributed by atoms with Crippen molar-refractivity contribution in [3.63, 3.8) is 0 Å². The first kappa shape index (κ1) is 12.4. The standard InChI is InChI=1S/C15H22O2/c1-2-17-14-10-6-5-9-13(14)15(16)11-7-3-4-8-12-15/h5-6,9-10,16H,2-4,7-8,11-12H2,1H3. The molecule has 0 saturated heterocycles. The summed E-state index contributed by atoms with van der Waals surface area (Å²) in [5.41, 5.74) is 0.297. The molecule has 2 rings (SSSR count). The van der Waals surface area contributed by atoms with Gasteiger partial charge in [-0.3, -0.25) is 0 Å². The van der Waals surface area contributed by atoms with Gasteiger partial charge in [-0.2, -0.15) is 0 Å². The summed E-state index contributed by atoms with van der Waals surface area (Å²) in [6.45, 7) is 2.63. The summed E-state index contributed by atoms with van der Waals surface area (Å²) >= 11 is 0. The van der Waals surface area contributed by atoms with Gasteiger partial charge in [0.1, 0.15) is 5.75 Å². The van der Waals surface area contributed by atoms with Gasteiger partial charge in [0.15, 0.2) is 0 Å². The fourth-order valence-electron chi connectivity index (χ4n) is 2.72. The van der Waals surface area contributed by atoms with Crippen molar-refractivity contribution in [1.82, 2.24) is 0 Å². The van der Waals surface area contributed by atoms with E-state index >= 15 is 0 Å². The summed E-state index contributed by atoms with van der Waals surface area (Å²) in [6, 6.07) is 7.92. The first-order chi connectivity index (χ1) is 8.26. The van der Waals surface area contributed by atoms with E-state index in [1.807, 2.05) is 31.2 Å². The topological polar surface area (TPSA) is 29.5 Å². The molecule has 17 heavy (non-hydrogen) atoms. The predicted molar refractivity (Wildman–Crippen MR) is 69.2 cm³/mol. The summed E-state index contributed by atoms with van der Waals surface area (Å²) in [7, 11) is 0. The van der Waals surface area contributed by atoms with Gasteiger partial charge in [-0.25, -0.2) is 0 Å². The highest BCUT2D eigenvalue weighted by molar-refractivity contribution is 5.38. The molecule has 0 heterocycles. The van der Waals surface area contributed by atoms with E-state index in [1.54, 1.807) is 0 Å². The monoisotopic (exact) mass is 234 g/mol. The summed E-state index contributed by atoms with van der Waals surface area (Å²) in [5, 5.41) is 10.9. The minimum atomic E-state index is -0.678. The first-order valence-corrected chi connectivity index (χ1v) is 6.71. The van der Waals surface area contributed by atoms with Crippen molar-refractivity contribution in [3.05, 3.63) is 29.8 Å². The second-order valence-corrected chi connectivity index (χ2v) is 4.87. The quantitative estimate of drug-likeness (QED) is 0.809. The molecule has 1 aromatic carbocycles. The molecule has 0 spiro atoms. The minimum Gasteiger partial charge on any atom is -0.493 e. The normalized spacial score (nSPS) is 19.6. The van der Waals surface area contributed by atoms with Gasteiger partial charge in [-0.1, -0.05) is 43.9 Å². The second-order valence-electron chi connectivity index (χ2n) is 4.87. The third-order valence-electron chi connectivity index (χ3n) is 3.62. The molecule has 1 N–H and O–H groups in total. The zero-order chi connectivity index (χ0) is 12.1. The molecule has 94 valence electrons. The molecule has 0 atom stereocenters. The Balaban J connectivity index is 2.29. The smallest absolute Gasteiger partial charge is 0.125 e. The van der Waals surface area contributed by atoms with Crippen LogP contribution in [0.2, 0.25) is 0 Å². The molecule has 1 aromatic rings. The van der Waals surface area contributed by atoms with Crippen LogP contribution in [0.4, 0.5) is 0 Å². The lowest BCUT2D eigenvalue weighted by Gasteiger charge is -2.29. The maximum Gasteiger partial charge on any atom is 0.125 e. The van der Waals surface area contributed by atoms with Crippen LogP contribution in [0.15, 0.2) is 24.3 Å². The van der Waals surface area contributed by atoms with E-state index in [0.717, 1.165) is 37.0 Å². The summed E-state index contributed by atoms with van der Waals surface area (Å²) in [4.78, 5) is 0. The van der Waals surface area contributed by atoms with E-state index in [9.17, 15) is 5.11 Å². The number of rotatable bonds is 3. The van der Waals surface area contributed by atoms with Crippen molar-refractivity contribution in [1.29, 1.82) is 0 Å². The van der Waals surface area contributed by atoms with E-state index in [1.165, 1.54) is 12.8 Å². The van der Waals surface area contributed by atoms with Crippen molar-refractivity contribution >= 4 is 0 Å². The van der Waals surface area contributed by atoms with E-state index in [-0.39, 0.29) is 0 Å². The fourth-order valence-corrected chi connectivity index (χ4v) is 2.72. The molecule has 0 radical (unpaired) electrons. The van der Waals surface area contributed by atoms with Gasteiger partial charge >= 0.3 is 0 Å². The number of para-hydroxylation sites is 1. The Morgan fingerprint density at radius 3 is 2.41 bits per heavy atom. The van der Waals surface area contributed by atoms with Crippen molar-refractivity contribution in [2.75, 3.05) is 6.61 Å². The van der Waals surface area contributed by atoms with Crippen LogP contribution in [-0.2, 0) is 5.60 Å². The fraction of sp³-hybridized carbons (Fsp3) is 0.600. The van der Waals surface area contributed by atoms with Crippen molar-refractivity contribution < 1.29 is 9.84 Å². The van der Waals surface area contributed by atoms with Gasteiger partial charge in [0, 0.05) is 5.56 Å². The Morgan fingerprint density at radius 1 is 1.12 bits per heavy atom. The maximum absolute atomic E-state index is 10.9. The van der Waals surface area contributed by atoms with Crippen LogP contribution in [0.5, 0.6) is 5.75 Å². The number of hydrogen-bond acceptors (Lipinski definition) is 2. The Bertz CT molecular complexity index is 352. The Morgan fingerprint density at radius 2 is 1.76 bits per heavy atom. The van der Waals surface area contributed by atoms with Gasteiger partial charge in [0.2, 0.25) is 0 Å². The number of hydrogen-bond donors (Lipinski definition) is 1. The SMILES string of the molecule is CCOc1ccccc1C1(O)CCCCCC1. The van der Waals surface area contributed by atoms with E-state index in [0.29, 0.717) is 6.61 Å². The molecular formula is C15H22O2. The van der Waals surface area contributed by atoms with E-state index in [2.05, 4.69) is 0 Å². The first-order valence-electron chi connectivity index (χ1n) is 6.71. The molecule has 0 aromatic heterocycles. The molecular weight excluding hydrogens is 212 g/mol. The lowest BCUT2D eigenvalue weighted by atomic mass is 9.86. The molecule has 2 heteroatoms. The number of benzene rings is 1. The Hall–Kier alpha value is -1.02. The van der Waals surface area contributed by atoms with Gasteiger partial charge in [0.05, 0.1) is 12.2 Å². The van der Waals surface area contributed by atoms with E-state index < -0.39 is 5.60 Å². The highest BCUT2D eigenvalue weighted by atomic mass is 16.5. The lowest BCUT2D eigenvalue weighted by molar-refractivity contribution is 0.0181. The van der Waals surface area contributed by atoms with Crippen molar-refractivity contribution in [2.24, 2.45) is 0 Å². The average molecular weight is 234 g/mol. The highest BCUT2D eigenvalue weighted by Gasteiger charge is 2.32. The van der Waals surface area contributed by atoms with Gasteiger partial charge in [-0.15, -0.1) is 0 Å². The summed E-state index contributed by atoms with van der Waals surface area (Å²) in [6.07, 6.45) is 6.40. The van der Waals surface area contributed by atoms with Crippen molar-refractivity contribution in [2.45, 2.75) is 51.0 Å². The second kappa shape index (κ2) is 5.54. The van der Waals surface area contributed by atoms with Gasteiger partial charge < -0.3 is 9.84 Å². The van der Waals surface area contributed by atoms with E-state index in [4.69, 9.17) is 4.74 Å². The largest absolute Gasteiger partial charge is 0.493 e. The van der Waals surface area contributed by atoms with Crippen LogP contribution in [0.3, 0.4) is 0 Å². The zero-order valence-corrected chi connectivity index (χ0v) is 10.6. The van der Waals surface area contributed by atoms with Crippen LogP contribution in [0, 0.1) is 0 Å². The zero-order valence-electron chi connectivity index (χ0n) is 10.6. The number of ether oxygens (including phenoxy) is 1. The van der Waals surface area contributed by atoms with Gasteiger partial charge in [-0.05, 0) is 25.8 Å². The molecule has 0 unspecified atom stereocenters. The van der Waals surface area contributed by atoms with Crippen molar-refractivity contribution in [3.8, 4) is 5.75 Å². The lowest BCUT2D eigenvalue weighted by Crippen LogP contribution is -2.25. The Labute approximate surface area is 104 Å². The molecule has 1 aliphatic carbocycles. The molecule has 1 aliphatic rings. The van der Waals surface area contributed by atoms with Crippen LogP contribution >= 0.6 is 0 Å². The minimum absolute atomic E-state index is 0.646. The Kier molecular flexibility index (Phi) is 4.06. The van der Waals surface area contributed by atoms with Gasteiger partial charge in [0.25, 0.3) is 0 Å². The number of aliphatic hydroxyl groups is 1. The third-order valence-corrected chi connectivity index (χ3v) is 3.62. The molecule has 1 saturated carbocycles. The molecule has 2 nitrogen and oxygen atoms in total. The highest BCUT2D eigenvalue weighted by Crippen LogP contribution is 2.40. The maximum atomic E-state index is 10.9. The third kappa shape index (κ3) is 2.81.